The predicted octanol–water partition coefficient (Wildman–Crippen LogP) is 7.74. The van der Waals surface area contributed by atoms with Gasteiger partial charge in [0.25, 0.3) is 0 Å². The van der Waals surface area contributed by atoms with Gasteiger partial charge >= 0.3 is 0 Å². The van der Waals surface area contributed by atoms with Crippen LogP contribution in [0, 0.1) is 0 Å². The first-order valence-electron chi connectivity index (χ1n) is 11.7. The number of nitrogens with zero attached hydrogens (tertiary/aromatic N) is 1. The van der Waals surface area contributed by atoms with Gasteiger partial charge in [-0.05, 0) is 51.9 Å². The Morgan fingerprint density at radius 2 is 1.21 bits per heavy atom. The second-order valence-corrected chi connectivity index (χ2v) is 9.23. The Morgan fingerprint density at radius 1 is 0.576 bits per heavy atom. The second kappa shape index (κ2) is 6.02. The van der Waals surface area contributed by atoms with Gasteiger partial charge in [0.2, 0.25) is 0 Å². The molecule has 1 aromatic heterocycles. The van der Waals surface area contributed by atoms with E-state index in [1.807, 2.05) is 0 Å². The van der Waals surface area contributed by atoms with E-state index in [4.69, 9.17) is 0 Å². The smallest absolute Gasteiger partial charge is 0.0754 e. The van der Waals surface area contributed by atoms with Crippen LogP contribution < -0.4 is 0 Å². The summed E-state index contributed by atoms with van der Waals surface area (Å²) in [5.41, 5.74) is 13.1. The minimum absolute atomic E-state index is 0.316. The molecule has 0 amide bonds. The Labute approximate surface area is 192 Å². The first-order chi connectivity index (χ1) is 16.4. The van der Waals surface area contributed by atoms with Crippen LogP contribution in [-0.2, 0) is 5.41 Å². The molecular weight excluding hydrogens is 398 g/mol. The first kappa shape index (κ1) is 17.5. The summed E-state index contributed by atoms with van der Waals surface area (Å²) in [6.07, 6.45) is 10.2. The van der Waals surface area contributed by atoms with Crippen LogP contribution in [0.5, 0.6) is 0 Å². The fourth-order valence-corrected chi connectivity index (χ4v) is 6.66. The van der Waals surface area contributed by atoms with Gasteiger partial charge in [0.15, 0.2) is 0 Å². The van der Waals surface area contributed by atoms with E-state index in [9.17, 15) is 0 Å². The van der Waals surface area contributed by atoms with Crippen molar-refractivity contribution in [2.45, 2.75) is 11.8 Å². The summed E-state index contributed by atoms with van der Waals surface area (Å²) in [5, 5.41) is 1.33. The molecule has 154 valence electrons. The van der Waals surface area contributed by atoms with Crippen molar-refractivity contribution in [3.8, 4) is 16.8 Å². The predicted molar refractivity (Wildman–Crippen MR) is 137 cm³/mol. The number of rotatable bonds is 0. The highest BCUT2D eigenvalue weighted by Gasteiger charge is 2.50. The number of fused-ring (bicyclic) bond motifs is 12. The van der Waals surface area contributed by atoms with Crippen LogP contribution in [0.4, 0.5) is 0 Å². The third-order valence-electron chi connectivity index (χ3n) is 7.80. The zero-order valence-electron chi connectivity index (χ0n) is 18.1. The molecular formula is C32H21N. The van der Waals surface area contributed by atoms with Crippen molar-refractivity contribution in [1.29, 1.82) is 0 Å². The van der Waals surface area contributed by atoms with Crippen molar-refractivity contribution in [3.05, 3.63) is 137 Å². The lowest BCUT2D eigenvalue weighted by Crippen LogP contribution is -2.33. The third-order valence-corrected chi connectivity index (χ3v) is 7.80. The van der Waals surface area contributed by atoms with Crippen LogP contribution in [-0.4, -0.2) is 4.57 Å². The van der Waals surface area contributed by atoms with Gasteiger partial charge in [-0.3, -0.25) is 0 Å². The molecule has 5 aromatic rings. The van der Waals surface area contributed by atoms with E-state index in [-0.39, 0.29) is 5.41 Å². The highest BCUT2D eigenvalue weighted by Crippen LogP contribution is 2.60. The summed E-state index contributed by atoms with van der Waals surface area (Å²) in [6, 6.07) is 34.0. The number of hydrogen-bond donors (Lipinski definition) is 0. The van der Waals surface area contributed by atoms with Gasteiger partial charge < -0.3 is 4.57 Å². The van der Waals surface area contributed by atoms with Crippen molar-refractivity contribution in [2.24, 2.45) is 0 Å². The number of benzene rings is 4. The Hall–Kier alpha value is -4.10. The maximum absolute atomic E-state index is 2.51. The molecule has 0 atom stereocenters. The summed E-state index contributed by atoms with van der Waals surface area (Å²) in [4.78, 5) is 0. The Morgan fingerprint density at radius 3 is 2.00 bits per heavy atom. The van der Waals surface area contributed by atoms with Crippen LogP contribution in [0.1, 0.15) is 39.9 Å². The largest absolute Gasteiger partial charge is 0.309 e. The minimum atomic E-state index is -0.316. The van der Waals surface area contributed by atoms with E-state index in [1.165, 1.54) is 61.2 Å². The first-order valence-corrected chi connectivity index (χ1v) is 11.7. The number of allylic oxidation sites excluding steroid dienone is 2. The van der Waals surface area contributed by atoms with E-state index < -0.39 is 0 Å². The molecule has 1 heteroatoms. The van der Waals surface area contributed by atoms with Crippen molar-refractivity contribution in [2.75, 3.05) is 0 Å². The van der Waals surface area contributed by atoms with Gasteiger partial charge in [0.05, 0.1) is 22.3 Å². The van der Waals surface area contributed by atoms with E-state index in [0.717, 1.165) is 6.42 Å². The molecule has 0 unspecified atom stereocenters. The SMILES string of the molecule is C1=Cc2c(n3c4c(cccc24)C2(c4ccccc4-c4ccccc42)c2ccccc2-3)C=CC1. The third kappa shape index (κ3) is 1.91. The van der Waals surface area contributed by atoms with Crippen molar-refractivity contribution in [1.82, 2.24) is 4.57 Å². The van der Waals surface area contributed by atoms with Crippen molar-refractivity contribution in [3.63, 3.8) is 0 Å². The van der Waals surface area contributed by atoms with E-state index >= 15 is 0 Å². The highest BCUT2D eigenvalue weighted by molar-refractivity contribution is 6.02. The topological polar surface area (TPSA) is 4.93 Å². The van der Waals surface area contributed by atoms with Crippen LogP contribution in [0.15, 0.2) is 103 Å². The Balaban J connectivity index is 1.67. The molecule has 1 spiro atoms. The molecule has 1 nitrogen and oxygen atoms in total. The molecule has 0 N–H and O–H groups in total. The van der Waals surface area contributed by atoms with Crippen LogP contribution in [0.25, 0.3) is 39.9 Å². The molecule has 0 fully saturated rings. The number of hydrogen-bond acceptors (Lipinski definition) is 0. The summed E-state index contributed by atoms with van der Waals surface area (Å²) in [6.45, 7) is 0. The molecule has 1 aliphatic heterocycles. The zero-order valence-corrected chi connectivity index (χ0v) is 18.1. The second-order valence-electron chi connectivity index (χ2n) is 9.23. The highest BCUT2D eigenvalue weighted by atomic mass is 15.0. The fourth-order valence-electron chi connectivity index (χ4n) is 6.66. The minimum Gasteiger partial charge on any atom is -0.309 e. The molecule has 0 bridgehead atoms. The standard InChI is InChI=1S/C32H21N/c1-2-13-23-24-14-10-18-28-31(24)33(29(23)19-3-1)30-20-9-8-17-27(30)32(28)25-15-6-4-11-21(25)22-12-5-7-16-26(22)32/h2-20H,1H2. The molecule has 33 heavy (non-hydrogen) atoms. The van der Waals surface area contributed by atoms with Gasteiger partial charge in [-0.2, -0.15) is 0 Å². The molecule has 8 rings (SSSR count). The summed E-state index contributed by atoms with van der Waals surface area (Å²) < 4.78 is 2.51. The maximum atomic E-state index is 2.51. The van der Waals surface area contributed by atoms with Gasteiger partial charge in [0, 0.05) is 10.9 Å². The molecule has 0 radical (unpaired) electrons. The van der Waals surface area contributed by atoms with E-state index in [1.54, 1.807) is 0 Å². The normalized spacial score (nSPS) is 15.8. The lowest BCUT2D eigenvalue weighted by Gasteiger charge is -2.39. The van der Waals surface area contributed by atoms with Gasteiger partial charge in [-0.15, -0.1) is 0 Å². The monoisotopic (exact) mass is 419 g/mol. The molecule has 2 aliphatic carbocycles. The average Bonchev–Trinajstić information content (AvgIpc) is 3.21. The van der Waals surface area contributed by atoms with Crippen LogP contribution in [0.3, 0.4) is 0 Å². The molecule has 0 saturated carbocycles. The van der Waals surface area contributed by atoms with Gasteiger partial charge in [-0.25, -0.2) is 0 Å². The van der Waals surface area contributed by atoms with E-state index in [0.29, 0.717) is 0 Å². The van der Waals surface area contributed by atoms with Crippen LogP contribution in [0.2, 0.25) is 0 Å². The number of aromatic nitrogens is 1. The molecule has 2 heterocycles. The Kier molecular flexibility index (Phi) is 3.19. The van der Waals surface area contributed by atoms with E-state index in [2.05, 4.69) is 120 Å². The molecule has 4 aromatic carbocycles. The molecule has 3 aliphatic rings. The maximum Gasteiger partial charge on any atom is 0.0754 e. The fraction of sp³-hybridized carbons (Fsp3) is 0.0625. The number of para-hydroxylation sites is 2. The van der Waals surface area contributed by atoms with Crippen molar-refractivity contribution < 1.29 is 0 Å². The Bertz CT molecular complexity index is 1650. The average molecular weight is 420 g/mol. The lowest BCUT2D eigenvalue weighted by atomic mass is 9.65. The quantitative estimate of drug-likeness (QED) is 0.237. The van der Waals surface area contributed by atoms with Gasteiger partial charge in [0.1, 0.15) is 0 Å². The van der Waals surface area contributed by atoms with Crippen molar-refractivity contribution >= 4 is 23.1 Å². The summed E-state index contributed by atoms with van der Waals surface area (Å²) in [7, 11) is 0. The van der Waals surface area contributed by atoms with Gasteiger partial charge in [-0.1, -0.05) is 103 Å². The summed E-state index contributed by atoms with van der Waals surface area (Å²) >= 11 is 0. The van der Waals surface area contributed by atoms with Crippen LogP contribution >= 0.6 is 0 Å². The lowest BCUT2D eigenvalue weighted by molar-refractivity contribution is 0.744. The zero-order chi connectivity index (χ0) is 21.6. The molecule has 0 saturated heterocycles. The summed E-state index contributed by atoms with van der Waals surface area (Å²) in [5.74, 6) is 0.